The average molecular weight is 292 g/mol. The number of nitrogens with one attached hydrogen (secondary N) is 1. The van der Waals surface area contributed by atoms with E-state index in [0.29, 0.717) is 37.3 Å². The van der Waals surface area contributed by atoms with Crippen molar-refractivity contribution < 1.29 is 19.1 Å². The van der Waals surface area contributed by atoms with Gasteiger partial charge in [0.05, 0.1) is 23.8 Å². The van der Waals surface area contributed by atoms with Crippen molar-refractivity contribution in [3.05, 3.63) is 29.8 Å². The van der Waals surface area contributed by atoms with Crippen LogP contribution in [0.1, 0.15) is 23.2 Å². The number of esters is 1. The van der Waals surface area contributed by atoms with Gasteiger partial charge in [-0.15, -0.1) is 0 Å². The fourth-order valence-electron chi connectivity index (χ4n) is 2.42. The maximum Gasteiger partial charge on any atom is 0.339 e. The molecule has 6 heteroatoms. The van der Waals surface area contributed by atoms with Crippen LogP contribution in [0.3, 0.4) is 0 Å². The third kappa shape index (κ3) is 3.22. The second kappa shape index (κ2) is 6.69. The Morgan fingerprint density at radius 1 is 1.33 bits per heavy atom. The highest BCUT2D eigenvalue weighted by atomic mass is 16.5. The summed E-state index contributed by atoms with van der Waals surface area (Å²) in [6.45, 7) is 1.29. The van der Waals surface area contributed by atoms with Crippen LogP contribution in [0, 0.1) is 5.41 Å². The highest BCUT2D eigenvalue weighted by molar-refractivity contribution is 6.03. The Bertz CT molecular complexity index is 524. The molecule has 1 heterocycles. The molecule has 0 bridgehead atoms. The number of methoxy groups -OCH3 is 1. The number of amides is 1. The molecule has 0 saturated carbocycles. The van der Waals surface area contributed by atoms with Gasteiger partial charge in [-0.25, -0.2) is 4.79 Å². The van der Waals surface area contributed by atoms with Crippen molar-refractivity contribution in [1.82, 2.24) is 0 Å². The molecule has 1 aromatic rings. The summed E-state index contributed by atoms with van der Waals surface area (Å²) >= 11 is 0. The van der Waals surface area contributed by atoms with Gasteiger partial charge >= 0.3 is 5.97 Å². The number of nitrogens with two attached hydrogens (primary N) is 1. The molecular formula is C15H20N2O4. The van der Waals surface area contributed by atoms with Crippen molar-refractivity contribution in [1.29, 1.82) is 0 Å². The molecule has 1 fully saturated rings. The van der Waals surface area contributed by atoms with Crippen LogP contribution in [0.2, 0.25) is 0 Å². The smallest absolute Gasteiger partial charge is 0.339 e. The van der Waals surface area contributed by atoms with Crippen LogP contribution in [-0.4, -0.2) is 38.7 Å². The first-order chi connectivity index (χ1) is 10.1. The normalized spacial score (nSPS) is 17.0. The van der Waals surface area contributed by atoms with Crippen molar-refractivity contribution in [2.24, 2.45) is 11.1 Å². The number of hydrogen-bond acceptors (Lipinski definition) is 5. The molecule has 1 amide bonds. The van der Waals surface area contributed by atoms with Crippen molar-refractivity contribution in [3.63, 3.8) is 0 Å². The van der Waals surface area contributed by atoms with E-state index in [1.165, 1.54) is 7.11 Å². The molecule has 0 aromatic heterocycles. The molecule has 0 atom stereocenters. The number of carbonyl (C=O) groups is 2. The van der Waals surface area contributed by atoms with Crippen LogP contribution in [0.4, 0.5) is 5.69 Å². The van der Waals surface area contributed by atoms with Gasteiger partial charge in [0.15, 0.2) is 0 Å². The van der Waals surface area contributed by atoms with Gasteiger partial charge < -0.3 is 20.5 Å². The lowest BCUT2D eigenvalue weighted by Crippen LogP contribution is -2.46. The Kier molecular flexibility index (Phi) is 4.93. The van der Waals surface area contributed by atoms with E-state index in [1.807, 2.05) is 0 Å². The van der Waals surface area contributed by atoms with Gasteiger partial charge in [-0.1, -0.05) is 12.1 Å². The summed E-state index contributed by atoms with van der Waals surface area (Å²) in [5, 5.41) is 2.81. The molecule has 0 aliphatic carbocycles. The molecule has 0 unspecified atom stereocenters. The van der Waals surface area contributed by atoms with Gasteiger partial charge in [0, 0.05) is 19.8 Å². The van der Waals surface area contributed by atoms with Crippen LogP contribution in [0.15, 0.2) is 24.3 Å². The molecule has 2 rings (SSSR count). The van der Waals surface area contributed by atoms with Crippen molar-refractivity contribution in [2.45, 2.75) is 12.8 Å². The molecule has 6 nitrogen and oxygen atoms in total. The van der Waals surface area contributed by atoms with Gasteiger partial charge in [0.1, 0.15) is 0 Å². The third-order valence-corrected chi connectivity index (χ3v) is 3.90. The standard InChI is InChI=1S/C15H20N2O4/c1-20-13(18)11-4-2-3-5-12(11)17-14(19)15(10-16)6-8-21-9-7-15/h2-5H,6-10,16H2,1H3,(H,17,19). The molecule has 1 aromatic carbocycles. The van der Waals surface area contributed by atoms with E-state index in [-0.39, 0.29) is 12.5 Å². The summed E-state index contributed by atoms with van der Waals surface area (Å²) in [6, 6.07) is 6.75. The maximum absolute atomic E-state index is 12.6. The summed E-state index contributed by atoms with van der Waals surface area (Å²) in [7, 11) is 1.31. The molecule has 0 radical (unpaired) electrons. The summed E-state index contributed by atoms with van der Waals surface area (Å²) in [5.41, 5.74) is 5.94. The monoisotopic (exact) mass is 292 g/mol. The Hall–Kier alpha value is -1.92. The first kappa shape index (κ1) is 15.5. The molecule has 1 saturated heterocycles. The van der Waals surface area contributed by atoms with Crippen molar-refractivity contribution in [3.8, 4) is 0 Å². The minimum Gasteiger partial charge on any atom is -0.465 e. The summed E-state index contributed by atoms with van der Waals surface area (Å²) in [4.78, 5) is 24.3. The minimum atomic E-state index is -0.637. The topological polar surface area (TPSA) is 90.7 Å². The average Bonchev–Trinajstić information content (AvgIpc) is 2.55. The van der Waals surface area contributed by atoms with Crippen LogP contribution in [0.5, 0.6) is 0 Å². The minimum absolute atomic E-state index is 0.176. The van der Waals surface area contributed by atoms with Crippen molar-refractivity contribution in [2.75, 3.05) is 32.2 Å². The number of rotatable bonds is 4. The first-order valence-electron chi connectivity index (χ1n) is 6.89. The molecule has 1 aliphatic rings. The lowest BCUT2D eigenvalue weighted by molar-refractivity contribution is -0.130. The Morgan fingerprint density at radius 3 is 2.62 bits per heavy atom. The van der Waals surface area contributed by atoms with Crippen LogP contribution >= 0.6 is 0 Å². The Morgan fingerprint density at radius 2 is 2.00 bits per heavy atom. The second-order valence-corrected chi connectivity index (χ2v) is 5.09. The van der Waals surface area contributed by atoms with E-state index < -0.39 is 11.4 Å². The third-order valence-electron chi connectivity index (χ3n) is 3.90. The SMILES string of the molecule is COC(=O)c1ccccc1NC(=O)C1(CN)CCOCC1. The molecule has 3 N–H and O–H groups in total. The summed E-state index contributed by atoms with van der Waals surface area (Å²) in [5.74, 6) is -0.663. The largest absolute Gasteiger partial charge is 0.465 e. The summed E-state index contributed by atoms with van der Waals surface area (Å²) < 4.78 is 10.0. The zero-order valence-electron chi connectivity index (χ0n) is 12.1. The lowest BCUT2D eigenvalue weighted by Gasteiger charge is -2.34. The van der Waals surface area contributed by atoms with E-state index in [2.05, 4.69) is 5.32 Å². The number of hydrogen-bond donors (Lipinski definition) is 2. The predicted octanol–water partition coefficient (Wildman–Crippen LogP) is 1.17. The van der Waals surface area contributed by atoms with Gasteiger partial charge in [0.2, 0.25) is 5.91 Å². The molecule has 0 spiro atoms. The summed E-state index contributed by atoms with van der Waals surface area (Å²) in [6.07, 6.45) is 1.16. The maximum atomic E-state index is 12.6. The van der Waals surface area contributed by atoms with E-state index in [9.17, 15) is 9.59 Å². The van der Waals surface area contributed by atoms with Gasteiger partial charge in [-0.2, -0.15) is 0 Å². The predicted molar refractivity (Wildman–Crippen MR) is 78.0 cm³/mol. The van der Waals surface area contributed by atoms with E-state index in [0.717, 1.165) is 0 Å². The Balaban J connectivity index is 2.21. The molecule has 21 heavy (non-hydrogen) atoms. The van der Waals surface area contributed by atoms with Crippen molar-refractivity contribution >= 4 is 17.6 Å². The highest BCUT2D eigenvalue weighted by Gasteiger charge is 2.39. The number of carbonyl (C=O) groups excluding carboxylic acids is 2. The second-order valence-electron chi connectivity index (χ2n) is 5.09. The zero-order chi connectivity index (χ0) is 15.3. The van der Waals surface area contributed by atoms with Gasteiger partial charge in [-0.3, -0.25) is 4.79 Å². The van der Waals surface area contributed by atoms with E-state index in [1.54, 1.807) is 24.3 Å². The van der Waals surface area contributed by atoms with Gasteiger partial charge in [0.25, 0.3) is 0 Å². The number of para-hydroxylation sites is 1. The lowest BCUT2D eigenvalue weighted by atomic mass is 9.79. The fraction of sp³-hybridized carbons (Fsp3) is 0.467. The highest BCUT2D eigenvalue weighted by Crippen LogP contribution is 2.31. The number of anilines is 1. The van der Waals surface area contributed by atoms with E-state index >= 15 is 0 Å². The number of ether oxygens (including phenoxy) is 2. The van der Waals surface area contributed by atoms with Crippen LogP contribution in [0.25, 0.3) is 0 Å². The number of benzene rings is 1. The van der Waals surface area contributed by atoms with E-state index in [4.69, 9.17) is 15.2 Å². The zero-order valence-corrected chi connectivity index (χ0v) is 12.1. The quantitative estimate of drug-likeness (QED) is 0.813. The van der Waals surface area contributed by atoms with Gasteiger partial charge in [-0.05, 0) is 25.0 Å². The van der Waals surface area contributed by atoms with Crippen LogP contribution < -0.4 is 11.1 Å². The first-order valence-corrected chi connectivity index (χ1v) is 6.89. The molecule has 1 aliphatic heterocycles. The molecule has 114 valence electrons. The Labute approximate surface area is 123 Å². The van der Waals surface area contributed by atoms with Crippen LogP contribution in [-0.2, 0) is 14.3 Å². The molecular weight excluding hydrogens is 272 g/mol. The fourth-order valence-corrected chi connectivity index (χ4v) is 2.42.